The monoisotopic (exact) mass is 380 g/mol. The molecule has 6 nitrogen and oxygen atoms in total. The summed E-state index contributed by atoms with van der Waals surface area (Å²) in [6, 6.07) is 17.9. The Morgan fingerprint density at radius 1 is 0.889 bits per heavy atom. The van der Waals surface area contributed by atoms with Gasteiger partial charge in [0, 0.05) is 40.5 Å². The number of fused-ring (bicyclic) bond motifs is 3. The van der Waals surface area contributed by atoms with E-state index >= 15 is 0 Å². The van der Waals surface area contributed by atoms with E-state index in [2.05, 4.69) is 4.57 Å². The number of nitro benzene ring substituents is 1. The van der Waals surface area contributed by atoms with Gasteiger partial charge in [-0.1, -0.05) is 18.2 Å². The summed E-state index contributed by atoms with van der Waals surface area (Å²) in [5.41, 5.74) is 1.89. The molecular formula is C20H16N2O4S. The number of aryl methyl sites for hydroxylation is 1. The normalized spacial score (nSPS) is 11.9. The highest BCUT2D eigenvalue weighted by atomic mass is 32.2. The molecule has 1 heterocycles. The van der Waals surface area contributed by atoms with E-state index in [1.165, 1.54) is 24.3 Å². The molecule has 0 N–H and O–H groups in total. The molecule has 0 fully saturated rings. The molecular weight excluding hydrogens is 364 g/mol. The maximum Gasteiger partial charge on any atom is 0.269 e. The summed E-state index contributed by atoms with van der Waals surface area (Å²) in [6.07, 6.45) is 0. The molecule has 4 rings (SSSR count). The molecule has 0 unspecified atom stereocenters. The average Bonchev–Trinajstić information content (AvgIpc) is 3.01. The number of aromatic nitrogens is 1. The highest BCUT2D eigenvalue weighted by molar-refractivity contribution is 7.91. The molecule has 0 aliphatic carbocycles. The number of para-hydroxylation sites is 1. The maximum absolute atomic E-state index is 13.0. The molecule has 0 atom stereocenters. The molecule has 3 aromatic carbocycles. The van der Waals surface area contributed by atoms with Gasteiger partial charge in [0.15, 0.2) is 0 Å². The molecule has 0 aliphatic rings. The van der Waals surface area contributed by atoms with Crippen LogP contribution in [0.5, 0.6) is 0 Å². The smallest absolute Gasteiger partial charge is 0.269 e. The summed E-state index contributed by atoms with van der Waals surface area (Å²) in [5.74, 6) is 0. The Balaban J connectivity index is 1.91. The van der Waals surface area contributed by atoms with Gasteiger partial charge in [0.25, 0.3) is 5.69 Å². The van der Waals surface area contributed by atoms with Crippen LogP contribution in [0.15, 0.2) is 76.5 Å². The molecule has 0 amide bonds. The van der Waals surface area contributed by atoms with Crippen LogP contribution in [0.25, 0.3) is 21.8 Å². The van der Waals surface area contributed by atoms with E-state index in [1.807, 2.05) is 37.3 Å². The van der Waals surface area contributed by atoms with Crippen molar-refractivity contribution >= 4 is 37.3 Å². The first-order valence-electron chi connectivity index (χ1n) is 8.44. The predicted octanol–water partition coefficient (Wildman–Crippen LogP) is 4.56. The fourth-order valence-electron chi connectivity index (χ4n) is 3.42. The van der Waals surface area contributed by atoms with E-state index in [9.17, 15) is 18.5 Å². The van der Waals surface area contributed by atoms with Gasteiger partial charge in [-0.3, -0.25) is 10.1 Å². The van der Waals surface area contributed by atoms with Crippen LogP contribution >= 0.6 is 0 Å². The third kappa shape index (κ3) is 2.67. The Kier molecular flexibility index (Phi) is 3.96. The van der Waals surface area contributed by atoms with Crippen LogP contribution in [0.4, 0.5) is 5.69 Å². The van der Waals surface area contributed by atoms with E-state index in [1.54, 1.807) is 12.1 Å². The Morgan fingerprint density at radius 2 is 1.52 bits per heavy atom. The van der Waals surface area contributed by atoms with Crippen molar-refractivity contribution in [2.24, 2.45) is 0 Å². The Morgan fingerprint density at radius 3 is 2.19 bits per heavy atom. The number of hydrogen-bond acceptors (Lipinski definition) is 4. The first-order valence-corrected chi connectivity index (χ1v) is 9.92. The summed E-state index contributed by atoms with van der Waals surface area (Å²) in [4.78, 5) is 10.4. The van der Waals surface area contributed by atoms with Crippen molar-refractivity contribution in [2.75, 3.05) is 0 Å². The molecule has 1 aromatic heterocycles. The van der Waals surface area contributed by atoms with Crippen molar-refractivity contribution in [1.82, 2.24) is 4.57 Å². The lowest BCUT2D eigenvalue weighted by Crippen LogP contribution is -2.02. The van der Waals surface area contributed by atoms with Gasteiger partial charge in [-0.25, -0.2) is 8.42 Å². The molecule has 4 aromatic rings. The molecule has 0 saturated heterocycles. The lowest BCUT2D eigenvalue weighted by atomic mass is 10.1. The molecule has 0 radical (unpaired) electrons. The Hall–Kier alpha value is -3.19. The van der Waals surface area contributed by atoms with E-state index in [-0.39, 0.29) is 15.5 Å². The van der Waals surface area contributed by atoms with E-state index in [0.717, 1.165) is 28.4 Å². The van der Waals surface area contributed by atoms with Gasteiger partial charge in [-0.05, 0) is 43.3 Å². The zero-order valence-corrected chi connectivity index (χ0v) is 15.3. The Bertz CT molecular complexity index is 1290. The lowest BCUT2D eigenvalue weighted by Gasteiger charge is -2.06. The molecule has 0 aliphatic heterocycles. The fraction of sp³-hybridized carbons (Fsp3) is 0.100. The first-order chi connectivity index (χ1) is 12.9. The van der Waals surface area contributed by atoms with Crippen LogP contribution in [0.2, 0.25) is 0 Å². The van der Waals surface area contributed by atoms with Crippen molar-refractivity contribution in [3.63, 3.8) is 0 Å². The number of benzene rings is 3. The molecule has 136 valence electrons. The van der Waals surface area contributed by atoms with Crippen LogP contribution in [0.1, 0.15) is 6.92 Å². The SMILES string of the molecule is CCn1c2ccccc2c2cc(S(=O)(=O)c3ccc([N+](=O)[O-])cc3)ccc21. The number of hydrogen-bond donors (Lipinski definition) is 0. The standard InChI is InChI=1S/C20H16N2O4S/c1-2-21-19-6-4-3-5-17(19)18-13-16(11-12-20(18)21)27(25,26)15-9-7-14(8-10-15)22(23)24/h3-13H,2H2,1H3. The molecule has 27 heavy (non-hydrogen) atoms. The van der Waals surface area contributed by atoms with Gasteiger partial charge < -0.3 is 4.57 Å². The van der Waals surface area contributed by atoms with Crippen LogP contribution < -0.4 is 0 Å². The highest BCUT2D eigenvalue weighted by Gasteiger charge is 2.20. The topological polar surface area (TPSA) is 82.2 Å². The number of sulfone groups is 1. The number of rotatable bonds is 4. The molecule has 0 bridgehead atoms. The first kappa shape index (κ1) is 17.2. The minimum Gasteiger partial charge on any atom is -0.341 e. The number of nitro groups is 1. The maximum atomic E-state index is 13.0. The lowest BCUT2D eigenvalue weighted by molar-refractivity contribution is -0.384. The zero-order chi connectivity index (χ0) is 19.2. The minimum absolute atomic E-state index is 0.0340. The van der Waals surface area contributed by atoms with Gasteiger partial charge in [0.05, 0.1) is 14.7 Å². The average molecular weight is 380 g/mol. The van der Waals surface area contributed by atoms with Crippen molar-refractivity contribution < 1.29 is 13.3 Å². The summed E-state index contributed by atoms with van der Waals surface area (Å²) in [6.45, 7) is 2.83. The second-order valence-corrected chi connectivity index (χ2v) is 8.14. The third-order valence-electron chi connectivity index (χ3n) is 4.73. The number of nitrogens with zero attached hydrogens (tertiary/aromatic N) is 2. The highest BCUT2D eigenvalue weighted by Crippen LogP contribution is 2.32. The largest absolute Gasteiger partial charge is 0.341 e. The van der Waals surface area contributed by atoms with Crippen LogP contribution in [0, 0.1) is 10.1 Å². The minimum atomic E-state index is -3.77. The summed E-state index contributed by atoms with van der Waals surface area (Å²) < 4.78 is 28.1. The summed E-state index contributed by atoms with van der Waals surface area (Å²) in [5, 5.41) is 12.7. The quantitative estimate of drug-likeness (QED) is 0.384. The fourth-order valence-corrected chi connectivity index (χ4v) is 4.71. The Labute approximate surface area is 155 Å². The third-order valence-corrected chi connectivity index (χ3v) is 6.50. The van der Waals surface area contributed by atoms with Crippen LogP contribution in [0.3, 0.4) is 0 Å². The van der Waals surface area contributed by atoms with Crippen molar-refractivity contribution in [1.29, 1.82) is 0 Å². The van der Waals surface area contributed by atoms with Gasteiger partial charge in [-0.2, -0.15) is 0 Å². The molecule has 0 spiro atoms. The van der Waals surface area contributed by atoms with E-state index < -0.39 is 14.8 Å². The van der Waals surface area contributed by atoms with E-state index in [4.69, 9.17) is 0 Å². The van der Waals surface area contributed by atoms with Crippen molar-refractivity contribution in [3.8, 4) is 0 Å². The van der Waals surface area contributed by atoms with Crippen LogP contribution in [-0.4, -0.2) is 17.9 Å². The van der Waals surface area contributed by atoms with E-state index in [0.29, 0.717) is 0 Å². The molecule has 0 saturated carbocycles. The van der Waals surface area contributed by atoms with Gasteiger partial charge >= 0.3 is 0 Å². The van der Waals surface area contributed by atoms with Gasteiger partial charge in [0.2, 0.25) is 9.84 Å². The summed E-state index contributed by atoms with van der Waals surface area (Å²) >= 11 is 0. The van der Waals surface area contributed by atoms with Crippen molar-refractivity contribution in [3.05, 3.63) is 76.8 Å². The zero-order valence-electron chi connectivity index (χ0n) is 14.5. The van der Waals surface area contributed by atoms with Gasteiger partial charge in [0.1, 0.15) is 0 Å². The second-order valence-electron chi connectivity index (χ2n) is 6.19. The van der Waals surface area contributed by atoms with Gasteiger partial charge in [-0.15, -0.1) is 0 Å². The van der Waals surface area contributed by atoms with Crippen molar-refractivity contribution in [2.45, 2.75) is 23.3 Å². The van der Waals surface area contributed by atoms with Crippen LogP contribution in [-0.2, 0) is 16.4 Å². The predicted molar refractivity (Wildman–Crippen MR) is 104 cm³/mol. The summed E-state index contributed by atoms with van der Waals surface area (Å²) in [7, 11) is -3.77. The second kappa shape index (κ2) is 6.21. The molecule has 7 heteroatoms. The number of non-ortho nitro benzene ring substituents is 1.